The quantitative estimate of drug-likeness (QED) is 0.811. The van der Waals surface area contributed by atoms with Gasteiger partial charge in [0.05, 0.1) is 14.2 Å². The minimum absolute atomic E-state index is 0.138. The number of methoxy groups -OCH3 is 2. The zero-order chi connectivity index (χ0) is 19.8. The number of nitrogens with one attached hydrogen (secondary N) is 1. The Labute approximate surface area is 156 Å². The number of aliphatic carboxylic acids is 1. The second-order valence-corrected chi connectivity index (χ2v) is 6.61. The van der Waals surface area contributed by atoms with Gasteiger partial charge >= 0.3 is 5.97 Å². The van der Waals surface area contributed by atoms with Gasteiger partial charge in [-0.1, -0.05) is 12.1 Å². The lowest BCUT2D eigenvalue weighted by Gasteiger charge is -2.26. The fourth-order valence-corrected chi connectivity index (χ4v) is 3.02. The number of carboxylic acid groups (broad SMARTS) is 1. The summed E-state index contributed by atoms with van der Waals surface area (Å²) in [5, 5.41) is 12.3. The standard InChI is InChI=1S/C20H21NO6/c1-20(2,19(23)24)27-16-12(8-9-15(25-3)17(16)26-4)11-6-5-7-13-14(11)10-21-18(13)22/h5-9H,10H2,1-4H3,(H,21,22)(H,23,24). The molecule has 0 aromatic heterocycles. The number of carbonyl (C=O) groups excluding carboxylic acids is 1. The third-order valence-electron chi connectivity index (χ3n) is 4.51. The summed E-state index contributed by atoms with van der Waals surface area (Å²) in [6, 6.07) is 8.89. The maximum Gasteiger partial charge on any atom is 0.347 e. The summed E-state index contributed by atoms with van der Waals surface area (Å²) in [5.41, 5.74) is 1.30. The van der Waals surface area contributed by atoms with Gasteiger partial charge in [-0.25, -0.2) is 4.79 Å². The van der Waals surface area contributed by atoms with E-state index < -0.39 is 11.6 Å². The minimum atomic E-state index is -1.50. The highest BCUT2D eigenvalue weighted by molar-refractivity contribution is 6.01. The molecule has 0 atom stereocenters. The van der Waals surface area contributed by atoms with E-state index in [-0.39, 0.29) is 11.7 Å². The van der Waals surface area contributed by atoms with Gasteiger partial charge in [-0.3, -0.25) is 4.79 Å². The van der Waals surface area contributed by atoms with Crippen LogP contribution in [0.3, 0.4) is 0 Å². The Morgan fingerprint density at radius 2 is 1.74 bits per heavy atom. The van der Waals surface area contributed by atoms with Crippen LogP contribution in [0.1, 0.15) is 29.8 Å². The Hall–Kier alpha value is -3.22. The summed E-state index contributed by atoms with van der Waals surface area (Å²) < 4.78 is 16.7. The number of amides is 1. The van der Waals surface area contributed by atoms with Gasteiger partial charge in [-0.2, -0.15) is 0 Å². The maximum absolute atomic E-state index is 12.0. The number of ether oxygens (including phenoxy) is 3. The number of carbonyl (C=O) groups is 2. The van der Waals surface area contributed by atoms with Crippen LogP contribution < -0.4 is 19.5 Å². The van der Waals surface area contributed by atoms with E-state index in [1.807, 2.05) is 6.07 Å². The largest absolute Gasteiger partial charge is 0.493 e. The normalized spacial score (nSPS) is 13.0. The average Bonchev–Trinajstić information content (AvgIpc) is 3.02. The van der Waals surface area contributed by atoms with Crippen molar-refractivity contribution in [2.75, 3.05) is 14.2 Å². The molecule has 1 heterocycles. The van der Waals surface area contributed by atoms with E-state index in [0.29, 0.717) is 29.2 Å². The van der Waals surface area contributed by atoms with Gasteiger partial charge in [0.1, 0.15) is 0 Å². The Balaban J connectivity index is 2.25. The van der Waals surface area contributed by atoms with Gasteiger partial charge in [0.2, 0.25) is 5.75 Å². The highest BCUT2D eigenvalue weighted by Crippen LogP contribution is 2.47. The van der Waals surface area contributed by atoms with Crippen molar-refractivity contribution >= 4 is 11.9 Å². The molecule has 0 fully saturated rings. The van der Waals surface area contributed by atoms with Gasteiger partial charge < -0.3 is 24.6 Å². The number of hydrogen-bond donors (Lipinski definition) is 2. The van der Waals surface area contributed by atoms with Crippen molar-refractivity contribution in [2.24, 2.45) is 0 Å². The Kier molecular flexibility index (Phi) is 4.70. The molecule has 0 radical (unpaired) electrons. The molecule has 0 aliphatic carbocycles. The molecule has 7 nitrogen and oxygen atoms in total. The third kappa shape index (κ3) is 3.16. The number of carboxylic acids is 1. The first-order chi connectivity index (χ1) is 12.8. The van der Waals surface area contributed by atoms with Crippen LogP contribution in [0, 0.1) is 0 Å². The molecule has 2 N–H and O–H groups in total. The Morgan fingerprint density at radius 3 is 2.37 bits per heavy atom. The molecule has 0 saturated carbocycles. The molecule has 1 aliphatic rings. The van der Waals surface area contributed by atoms with Gasteiger partial charge in [-0.15, -0.1) is 0 Å². The molecular formula is C20H21NO6. The molecule has 0 unspecified atom stereocenters. The van der Waals surface area contributed by atoms with E-state index in [0.717, 1.165) is 11.1 Å². The summed E-state index contributed by atoms with van der Waals surface area (Å²) in [6.07, 6.45) is 0. The lowest BCUT2D eigenvalue weighted by atomic mass is 9.95. The van der Waals surface area contributed by atoms with Gasteiger partial charge in [0.25, 0.3) is 5.91 Å². The van der Waals surface area contributed by atoms with Crippen LogP contribution in [0.5, 0.6) is 17.2 Å². The van der Waals surface area contributed by atoms with Crippen LogP contribution in [0.25, 0.3) is 11.1 Å². The molecule has 0 bridgehead atoms. The predicted octanol–water partition coefficient (Wildman–Crippen LogP) is 2.86. The van der Waals surface area contributed by atoms with Crippen LogP contribution >= 0.6 is 0 Å². The van der Waals surface area contributed by atoms with Crippen LogP contribution in [0.4, 0.5) is 0 Å². The summed E-state index contributed by atoms with van der Waals surface area (Å²) >= 11 is 0. The van der Waals surface area contributed by atoms with Crippen molar-refractivity contribution in [1.82, 2.24) is 5.32 Å². The van der Waals surface area contributed by atoms with E-state index in [1.165, 1.54) is 28.1 Å². The summed E-state index contributed by atoms with van der Waals surface area (Å²) in [4.78, 5) is 23.6. The van der Waals surface area contributed by atoms with E-state index in [4.69, 9.17) is 14.2 Å². The SMILES string of the molecule is COc1ccc(-c2cccc3c2CNC3=O)c(OC(C)(C)C(=O)O)c1OC. The molecule has 1 amide bonds. The fraction of sp³-hybridized carbons (Fsp3) is 0.300. The second kappa shape index (κ2) is 6.83. The van der Waals surface area contributed by atoms with Crippen LogP contribution in [-0.2, 0) is 11.3 Å². The number of benzene rings is 2. The van der Waals surface area contributed by atoms with Crippen molar-refractivity contribution in [3.05, 3.63) is 41.5 Å². The molecule has 0 spiro atoms. The van der Waals surface area contributed by atoms with Gasteiger partial charge in [0.15, 0.2) is 17.1 Å². The molecule has 3 rings (SSSR count). The lowest BCUT2D eigenvalue weighted by Crippen LogP contribution is -2.38. The van der Waals surface area contributed by atoms with E-state index in [1.54, 1.807) is 24.3 Å². The summed E-state index contributed by atoms with van der Waals surface area (Å²) in [5.74, 6) is -0.301. The molecule has 27 heavy (non-hydrogen) atoms. The van der Waals surface area contributed by atoms with Crippen molar-refractivity contribution in [3.63, 3.8) is 0 Å². The van der Waals surface area contributed by atoms with E-state index >= 15 is 0 Å². The molecule has 142 valence electrons. The van der Waals surface area contributed by atoms with Gasteiger partial charge in [0, 0.05) is 17.7 Å². The molecule has 2 aromatic rings. The molecule has 7 heteroatoms. The fourth-order valence-electron chi connectivity index (χ4n) is 3.02. The molecule has 2 aromatic carbocycles. The maximum atomic E-state index is 12.0. The summed E-state index contributed by atoms with van der Waals surface area (Å²) in [7, 11) is 2.95. The van der Waals surface area contributed by atoms with Crippen molar-refractivity contribution in [3.8, 4) is 28.4 Å². The lowest BCUT2D eigenvalue weighted by molar-refractivity contribution is -0.152. The molecule has 1 aliphatic heterocycles. The van der Waals surface area contributed by atoms with Crippen LogP contribution in [0.15, 0.2) is 30.3 Å². The zero-order valence-electron chi connectivity index (χ0n) is 15.6. The van der Waals surface area contributed by atoms with Crippen molar-refractivity contribution in [2.45, 2.75) is 26.0 Å². The molecular weight excluding hydrogens is 350 g/mol. The van der Waals surface area contributed by atoms with Gasteiger partial charge in [-0.05, 0) is 43.2 Å². The summed E-state index contributed by atoms with van der Waals surface area (Å²) in [6.45, 7) is 3.30. The average molecular weight is 371 g/mol. The topological polar surface area (TPSA) is 94.1 Å². The smallest absolute Gasteiger partial charge is 0.347 e. The number of hydrogen-bond acceptors (Lipinski definition) is 5. The van der Waals surface area contributed by atoms with E-state index in [9.17, 15) is 14.7 Å². The predicted molar refractivity (Wildman–Crippen MR) is 98.5 cm³/mol. The first-order valence-corrected chi connectivity index (χ1v) is 8.38. The van der Waals surface area contributed by atoms with Crippen LogP contribution in [0.2, 0.25) is 0 Å². The second-order valence-electron chi connectivity index (χ2n) is 6.61. The van der Waals surface area contributed by atoms with Crippen molar-refractivity contribution < 1.29 is 28.9 Å². The van der Waals surface area contributed by atoms with E-state index in [2.05, 4.69) is 5.32 Å². The molecule has 0 saturated heterocycles. The number of fused-ring (bicyclic) bond motifs is 1. The highest BCUT2D eigenvalue weighted by atomic mass is 16.6. The highest BCUT2D eigenvalue weighted by Gasteiger charge is 2.34. The first-order valence-electron chi connectivity index (χ1n) is 8.38. The third-order valence-corrected chi connectivity index (χ3v) is 4.51. The van der Waals surface area contributed by atoms with Crippen molar-refractivity contribution in [1.29, 1.82) is 0 Å². The Bertz CT molecular complexity index is 919. The monoisotopic (exact) mass is 371 g/mol. The minimum Gasteiger partial charge on any atom is -0.493 e. The van der Waals surface area contributed by atoms with Crippen LogP contribution in [-0.4, -0.2) is 36.8 Å². The zero-order valence-corrected chi connectivity index (χ0v) is 15.6. The number of rotatable bonds is 6. The first kappa shape index (κ1) is 18.6. The Morgan fingerprint density at radius 1 is 1.04 bits per heavy atom.